The van der Waals surface area contributed by atoms with Crippen LogP contribution < -0.4 is 4.74 Å². The van der Waals surface area contributed by atoms with E-state index in [2.05, 4.69) is 0 Å². The molecule has 0 aliphatic heterocycles. The second-order valence-electron chi connectivity index (χ2n) is 4.15. The van der Waals surface area contributed by atoms with Gasteiger partial charge in [-0.05, 0) is 19.1 Å². The van der Waals surface area contributed by atoms with Crippen LogP contribution in [0.5, 0.6) is 5.75 Å². The summed E-state index contributed by atoms with van der Waals surface area (Å²) < 4.78 is 5.42. The number of ether oxygens (including phenoxy) is 1. The summed E-state index contributed by atoms with van der Waals surface area (Å²) in [5.74, 6) is 0.507. The molecule has 1 unspecified atom stereocenters. The number of likely N-dealkylation sites (N-methyl/N-ethyl adjacent to an activating group) is 1. The quantitative estimate of drug-likeness (QED) is 0.860. The van der Waals surface area contributed by atoms with Gasteiger partial charge >= 0.3 is 0 Å². The van der Waals surface area contributed by atoms with E-state index in [0.29, 0.717) is 17.3 Å². The normalized spacial score (nSPS) is 12.0. The van der Waals surface area contributed by atoms with Crippen LogP contribution in [-0.2, 0) is 4.79 Å². The highest BCUT2D eigenvalue weighted by Gasteiger charge is 2.11. The lowest BCUT2D eigenvalue weighted by Gasteiger charge is -2.18. The highest BCUT2D eigenvalue weighted by molar-refractivity contribution is 6.32. The summed E-state index contributed by atoms with van der Waals surface area (Å²) >= 11 is 5.92. The number of nitrogens with zero attached hydrogens (tertiary/aromatic N) is 1. The number of hydrogen-bond donors (Lipinski definition) is 1. The van der Waals surface area contributed by atoms with E-state index < -0.39 is 6.10 Å². The Morgan fingerprint density at radius 1 is 1.50 bits per heavy atom. The second kappa shape index (κ2) is 7.24. The van der Waals surface area contributed by atoms with Gasteiger partial charge in [0.1, 0.15) is 5.75 Å². The fourth-order valence-corrected chi connectivity index (χ4v) is 1.69. The van der Waals surface area contributed by atoms with E-state index in [1.165, 1.54) is 4.90 Å². The molecule has 0 aliphatic carbocycles. The highest BCUT2D eigenvalue weighted by atomic mass is 35.5. The Kier molecular flexibility index (Phi) is 5.95. The molecule has 4 nitrogen and oxygen atoms in total. The van der Waals surface area contributed by atoms with Crippen LogP contribution in [0.2, 0.25) is 5.02 Å². The second-order valence-corrected chi connectivity index (χ2v) is 4.56. The van der Waals surface area contributed by atoms with Crippen LogP contribution >= 0.6 is 11.6 Å². The number of amides is 1. The number of para-hydroxylation sites is 1. The van der Waals surface area contributed by atoms with E-state index in [1.807, 2.05) is 12.1 Å². The van der Waals surface area contributed by atoms with Crippen molar-refractivity contribution in [2.24, 2.45) is 0 Å². The van der Waals surface area contributed by atoms with Crippen molar-refractivity contribution in [3.05, 3.63) is 29.3 Å². The van der Waals surface area contributed by atoms with Gasteiger partial charge in [-0.1, -0.05) is 23.7 Å². The largest absolute Gasteiger partial charge is 0.491 e. The maximum Gasteiger partial charge on any atom is 0.225 e. The van der Waals surface area contributed by atoms with Gasteiger partial charge in [-0.25, -0.2) is 0 Å². The van der Waals surface area contributed by atoms with Crippen molar-refractivity contribution in [2.75, 3.05) is 20.2 Å². The van der Waals surface area contributed by atoms with E-state index in [-0.39, 0.29) is 18.9 Å². The van der Waals surface area contributed by atoms with Crippen LogP contribution in [0.1, 0.15) is 13.3 Å². The van der Waals surface area contributed by atoms with Gasteiger partial charge in [0.2, 0.25) is 5.91 Å². The molecule has 1 amide bonds. The molecular formula is C13H18ClNO3. The minimum atomic E-state index is -0.525. The molecule has 0 bridgehead atoms. The monoisotopic (exact) mass is 271 g/mol. The Labute approximate surface area is 112 Å². The molecule has 0 saturated carbocycles. The van der Waals surface area contributed by atoms with E-state index in [4.69, 9.17) is 21.4 Å². The topological polar surface area (TPSA) is 49.8 Å². The van der Waals surface area contributed by atoms with E-state index in [1.54, 1.807) is 26.1 Å². The number of aliphatic hydroxyl groups is 1. The van der Waals surface area contributed by atoms with Crippen LogP contribution in [0.3, 0.4) is 0 Å². The van der Waals surface area contributed by atoms with E-state index >= 15 is 0 Å². The molecule has 0 saturated heterocycles. The fraction of sp³-hybridized carbons (Fsp3) is 0.462. The third-order valence-corrected chi connectivity index (χ3v) is 2.69. The van der Waals surface area contributed by atoms with Gasteiger partial charge in [-0.15, -0.1) is 0 Å². The lowest BCUT2D eigenvalue weighted by atomic mass is 10.3. The Morgan fingerprint density at radius 2 is 2.17 bits per heavy atom. The summed E-state index contributed by atoms with van der Waals surface area (Å²) in [5, 5.41) is 9.70. The van der Waals surface area contributed by atoms with Gasteiger partial charge in [0, 0.05) is 13.6 Å². The molecule has 1 rings (SSSR count). The zero-order valence-corrected chi connectivity index (χ0v) is 11.4. The summed E-state index contributed by atoms with van der Waals surface area (Å²) in [6, 6.07) is 7.13. The summed E-state index contributed by atoms with van der Waals surface area (Å²) in [6.07, 6.45) is -0.266. The van der Waals surface area contributed by atoms with Crippen molar-refractivity contribution in [3.8, 4) is 5.75 Å². The van der Waals surface area contributed by atoms with Crippen LogP contribution in [-0.4, -0.2) is 42.2 Å². The van der Waals surface area contributed by atoms with Crippen molar-refractivity contribution in [1.29, 1.82) is 0 Å². The maximum atomic E-state index is 11.7. The van der Waals surface area contributed by atoms with Crippen molar-refractivity contribution in [2.45, 2.75) is 19.4 Å². The number of rotatable bonds is 6. The van der Waals surface area contributed by atoms with Crippen molar-refractivity contribution in [3.63, 3.8) is 0 Å². The smallest absolute Gasteiger partial charge is 0.225 e. The number of carbonyl (C=O) groups is 1. The van der Waals surface area contributed by atoms with E-state index in [9.17, 15) is 4.79 Å². The molecule has 0 spiro atoms. The van der Waals surface area contributed by atoms with E-state index in [0.717, 1.165) is 0 Å². The Hall–Kier alpha value is -1.26. The minimum absolute atomic E-state index is 0.0667. The molecular weight excluding hydrogens is 254 g/mol. The molecule has 0 heterocycles. The first-order chi connectivity index (χ1) is 8.50. The predicted molar refractivity (Wildman–Crippen MR) is 70.9 cm³/mol. The molecule has 18 heavy (non-hydrogen) atoms. The van der Waals surface area contributed by atoms with Gasteiger partial charge in [-0.3, -0.25) is 4.79 Å². The van der Waals surface area contributed by atoms with Crippen LogP contribution in [0.15, 0.2) is 24.3 Å². The Bertz CT molecular complexity index is 396. The SMILES string of the molecule is CC(O)CN(C)C(=O)CCOc1ccccc1Cl. The lowest BCUT2D eigenvalue weighted by molar-refractivity contribution is -0.131. The summed E-state index contributed by atoms with van der Waals surface area (Å²) in [6.45, 7) is 2.24. The molecule has 100 valence electrons. The molecule has 5 heteroatoms. The average molecular weight is 272 g/mol. The van der Waals surface area contributed by atoms with Gasteiger partial charge in [0.25, 0.3) is 0 Å². The van der Waals surface area contributed by atoms with Gasteiger partial charge in [-0.2, -0.15) is 0 Å². The Morgan fingerprint density at radius 3 is 2.78 bits per heavy atom. The number of benzene rings is 1. The van der Waals surface area contributed by atoms with Gasteiger partial charge in [0.05, 0.1) is 24.2 Å². The highest BCUT2D eigenvalue weighted by Crippen LogP contribution is 2.23. The number of hydrogen-bond acceptors (Lipinski definition) is 3. The van der Waals surface area contributed by atoms with Crippen LogP contribution in [0.25, 0.3) is 0 Å². The van der Waals surface area contributed by atoms with Gasteiger partial charge < -0.3 is 14.7 Å². The zero-order chi connectivity index (χ0) is 13.5. The molecule has 1 aromatic rings. The molecule has 1 atom stereocenters. The minimum Gasteiger partial charge on any atom is -0.491 e. The summed E-state index contributed by atoms with van der Waals surface area (Å²) in [5.41, 5.74) is 0. The van der Waals surface area contributed by atoms with Crippen LogP contribution in [0.4, 0.5) is 0 Å². The molecule has 1 N–H and O–H groups in total. The third-order valence-electron chi connectivity index (χ3n) is 2.37. The number of halogens is 1. The van der Waals surface area contributed by atoms with Crippen LogP contribution in [0, 0.1) is 0 Å². The van der Waals surface area contributed by atoms with Crippen molar-refractivity contribution in [1.82, 2.24) is 4.90 Å². The first-order valence-electron chi connectivity index (χ1n) is 5.80. The fourth-order valence-electron chi connectivity index (χ4n) is 1.50. The first-order valence-corrected chi connectivity index (χ1v) is 6.18. The van der Waals surface area contributed by atoms with Crippen molar-refractivity contribution < 1.29 is 14.6 Å². The zero-order valence-electron chi connectivity index (χ0n) is 10.6. The molecule has 0 aromatic heterocycles. The molecule has 0 aliphatic rings. The lowest BCUT2D eigenvalue weighted by Crippen LogP contribution is -2.33. The maximum absolute atomic E-state index is 11.7. The first kappa shape index (κ1) is 14.8. The molecule has 0 radical (unpaired) electrons. The standard InChI is InChI=1S/C13H18ClNO3/c1-10(16)9-15(2)13(17)7-8-18-12-6-4-3-5-11(12)14/h3-6,10,16H,7-9H2,1-2H3. The summed E-state index contributed by atoms with van der Waals surface area (Å²) in [4.78, 5) is 13.1. The van der Waals surface area contributed by atoms with Gasteiger partial charge in [0.15, 0.2) is 0 Å². The average Bonchev–Trinajstić information content (AvgIpc) is 2.30. The third kappa shape index (κ3) is 4.94. The summed E-state index contributed by atoms with van der Waals surface area (Å²) in [7, 11) is 1.66. The predicted octanol–water partition coefficient (Wildman–Crippen LogP) is 1.95. The molecule has 1 aromatic carbocycles. The Balaban J connectivity index is 2.34. The molecule has 0 fully saturated rings. The van der Waals surface area contributed by atoms with Crippen molar-refractivity contribution >= 4 is 17.5 Å². The number of aliphatic hydroxyl groups excluding tert-OH is 1. The number of carbonyl (C=O) groups excluding carboxylic acids is 1.